The summed E-state index contributed by atoms with van der Waals surface area (Å²) in [5.74, 6) is 0.0305. The lowest BCUT2D eigenvalue weighted by Gasteiger charge is -2.19. The molecule has 1 saturated carbocycles. The maximum absolute atomic E-state index is 13.1. The molecule has 19 heavy (non-hydrogen) atoms. The van der Waals surface area contributed by atoms with E-state index in [9.17, 15) is 9.18 Å². The fraction of sp³-hybridized carbons (Fsp3) is 0.500. The van der Waals surface area contributed by atoms with Gasteiger partial charge in [0.15, 0.2) is 0 Å². The fourth-order valence-corrected chi connectivity index (χ4v) is 2.66. The summed E-state index contributed by atoms with van der Waals surface area (Å²) in [5, 5.41) is 0. The Morgan fingerprint density at radius 1 is 1.37 bits per heavy atom. The summed E-state index contributed by atoms with van der Waals surface area (Å²) in [4.78, 5) is 11.2. The van der Waals surface area contributed by atoms with Crippen LogP contribution in [-0.4, -0.2) is 19.1 Å². The van der Waals surface area contributed by atoms with Crippen LogP contribution in [0.3, 0.4) is 0 Å². The Morgan fingerprint density at radius 2 is 2.11 bits per heavy atom. The van der Waals surface area contributed by atoms with Gasteiger partial charge in [-0.1, -0.05) is 6.42 Å². The molecule has 2 atom stereocenters. The molecule has 1 amide bonds. The van der Waals surface area contributed by atoms with Crippen LogP contribution in [0.25, 0.3) is 0 Å². The Labute approximate surface area is 111 Å². The van der Waals surface area contributed by atoms with Crippen molar-refractivity contribution in [3.8, 4) is 5.75 Å². The quantitative estimate of drug-likeness (QED) is 0.851. The molecule has 0 aromatic heterocycles. The zero-order chi connectivity index (χ0) is 13.8. The smallest absolute Gasteiger partial charge is 0.252 e. The number of ether oxygens (including phenoxy) is 1. The molecule has 1 aromatic rings. The van der Waals surface area contributed by atoms with Gasteiger partial charge >= 0.3 is 0 Å². The van der Waals surface area contributed by atoms with Crippen molar-refractivity contribution < 1.29 is 13.9 Å². The van der Waals surface area contributed by atoms with E-state index >= 15 is 0 Å². The van der Waals surface area contributed by atoms with Gasteiger partial charge in [0.05, 0.1) is 12.2 Å². The van der Waals surface area contributed by atoms with Crippen LogP contribution < -0.4 is 16.2 Å². The molecule has 4 nitrogen and oxygen atoms in total. The van der Waals surface area contributed by atoms with Crippen LogP contribution >= 0.6 is 0 Å². The van der Waals surface area contributed by atoms with Gasteiger partial charge in [-0.3, -0.25) is 4.79 Å². The molecule has 1 fully saturated rings. The maximum Gasteiger partial charge on any atom is 0.252 e. The highest BCUT2D eigenvalue weighted by Gasteiger charge is 2.27. The van der Waals surface area contributed by atoms with Crippen molar-refractivity contribution in [2.75, 3.05) is 13.2 Å². The lowest BCUT2D eigenvalue weighted by atomic mass is 9.97. The molecule has 2 unspecified atom stereocenters. The van der Waals surface area contributed by atoms with Crippen molar-refractivity contribution in [3.05, 3.63) is 29.6 Å². The number of carbonyl (C=O) groups excluding carboxylic acids is 1. The first-order valence-corrected chi connectivity index (χ1v) is 6.54. The zero-order valence-electron chi connectivity index (χ0n) is 10.8. The summed E-state index contributed by atoms with van der Waals surface area (Å²) in [7, 11) is 0. The van der Waals surface area contributed by atoms with E-state index in [0.29, 0.717) is 30.7 Å². The van der Waals surface area contributed by atoms with Gasteiger partial charge in [-0.25, -0.2) is 4.39 Å². The number of primary amides is 1. The van der Waals surface area contributed by atoms with Crippen LogP contribution in [0.5, 0.6) is 5.75 Å². The summed E-state index contributed by atoms with van der Waals surface area (Å²) in [6, 6.07) is 3.81. The molecule has 0 radical (unpaired) electrons. The highest BCUT2D eigenvalue weighted by Crippen LogP contribution is 2.32. The molecule has 1 aliphatic rings. The normalized spacial score (nSPS) is 22.4. The molecule has 0 saturated heterocycles. The van der Waals surface area contributed by atoms with E-state index in [1.165, 1.54) is 12.1 Å². The van der Waals surface area contributed by atoms with Crippen LogP contribution in [0.1, 0.15) is 29.6 Å². The summed E-state index contributed by atoms with van der Waals surface area (Å²) in [6.45, 7) is 1.15. The summed E-state index contributed by atoms with van der Waals surface area (Å²) in [6.07, 6.45) is 3.35. The van der Waals surface area contributed by atoms with Crippen LogP contribution in [0.15, 0.2) is 18.2 Å². The highest BCUT2D eigenvalue weighted by atomic mass is 19.1. The van der Waals surface area contributed by atoms with E-state index in [1.54, 1.807) is 0 Å². The molecular formula is C14H19FN2O2. The molecule has 5 heteroatoms. The Morgan fingerprint density at radius 3 is 2.79 bits per heavy atom. The van der Waals surface area contributed by atoms with Crippen molar-refractivity contribution in [2.24, 2.45) is 23.3 Å². The monoisotopic (exact) mass is 266 g/mol. The lowest BCUT2D eigenvalue weighted by molar-refractivity contribution is 0.0994. The van der Waals surface area contributed by atoms with Crippen LogP contribution in [0, 0.1) is 17.7 Å². The van der Waals surface area contributed by atoms with Gasteiger partial charge in [-0.2, -0.15) is 0 Å². The third kappa shape index (κ3) is 3.23. The van der Waals surface area contributed by atoms with Gasteiger partial charge in [0.1, 0.15) is 11.6 Å². The molecule has 0 bridgehead atoms. The van der Waals surface area contributed by atoms with E-state index in [-0.39, 0.29) is 5.56 Å². The highest BCUT2D eigenvalue weighted by molar-refractivity contribution is 5.95. The van der Waals surface area contributed by atoms with E-state index in [0.717, 1.165) is 25.3 Å². The number of nitrogens with two attached hydrogens (primary N) is 2. The molecule has 2 rings (SSSR count). The lowest BCUT2D eigenvalue weighted by Crippen LogP contribution is -2.24. The van der Waals surface area contributed by atoms with Crippen molar-refractivity contribution >= 4 is 5.91 Å². The van der Waals surface area contributed by atoms with Crippen molar-refractivity contribution in [3.63, 3.8) is 0 Å². The first kappa shape index (κ1) is 13.8. The molecule has 4 N–H and O–H groups in total. The van der Waals surface area contributed by atoms with Gasteiger partial charge in [-0.05, 0) is 49.4 Å². The predicted octanol–water partition coefficient (Wildman–Crippen LogP) is 1.68. The molecule has 0 spiro atoms. The predicted molar refractivity (Wildman–Crippen MR) is 70.3 cm³/mol. The summed E-state index contributed by atoms with van der Waals surface area (Å²) in [5.41, 5.74) is 11.0. The maximum atomic E-state index is 13.1. The van der Waals surface area contributed by atoms with Crippen LogP contribution in [0.2, 0.25) is 0 Å². The molecule has 104 valence electrons. The summed E-state index contributed by atoms with van der Waals surface area (Å²) >= 11 is 0. The summed E-state index contributed by atoms with van der Waals surface area (Å²) < 4.78 is 18.7. The number of halogens is 1. The Hall–Kier alpha value is -1.62. The number of hydrogen-bond acceptors (Lipinski definition) is 3. The fourth-order valence-electron chi connectivity index (χ4n) is 2.66. The van der Waals surface area contributed by atoms with Crippen molar-refractivity contribution in [1.82, 2.24) is 0 Å². The first-order valence-electron chi connectivity index (χ1n) is 6.54. The number of carbonyl (C=O) groups is 1. The number of rotatable bonds is 5. The molecule has 1 aromatic carbocycles. The Bertz CT molecular complexity index is 465. The number of amides is 1. The molecule has 1 aliphatic carbocycles. The van der Waals surface area contributed by atoms with Crippen LogP contribution in [0.4, 0.5) is 4.39 Å². The van der Waals surface area contributed by atoms with E-state index in [1.807, 2.05) is 0 Å². The average Bonchev–Trinajstić information content (AvgIpc) is 2.84. The van der Waals surface area contributed by atoms with E-state index < -0.39 is 11.7 Å². The third-order valence-electron chi connectivity index (χ3n) is 3.78. The topological polar surface area (TPSA) is 78.3 Å². The van der Waals surface area contributed by atoms with Gasteiger partial charge in [0.2, 0.25) is 0 Å². The molecule has 0 heterocycles. The second-order valence-corrected chi connectivity index (χ2v) is 5.00. The van der Waals surface area contributed by atoms with E-state index in [4.69, 9.17) is 16.2 Å². The minimum Gasteiger partial charge on any atom is -0.492 e. The van der Waals surface area contributed by atoms with Gasteiger partial charge in [0, 0.05) is 0 Å². The minimum absolute atomic E-state index is 0.0855. The Kier molecular flexibility index (Phi) is 4.37. The second kappa shape index (κ2) is 6.02. The minimum atomic E-state index is -0.684. The van der Waals surface area contributed by atoms with Gasteiger partial charge in [0.25, 0.3) is 5.91 Å². The second-order valence-electron chi connectivity index (χ2n) is 5.00. The largest absolute Gasteiger partial charge is 0.492 e. The van der Waals surface area contributed by atoms with Crippen molar-refractivity contribution in [2.45, 2.75) is 19.3 Å². The van der Waals surface area contributed by atoms with Gasteiger partial charge < -0.3 is 16.2 Å². The SMILES string of the molecule is NCC1CCCC1COc1ccc(F)cc1C(N)=O. The standard InChI is InChI=1S/C14H19FN2O2/c15-11-4-5-13(12(6-11)14(17)18)19-8-10-3-1-2-9(10)7-16/h4-6,9-10H,1-3,7-8,16H2,(H2,17,18). The van der Waals surface area contributed by atoms with Crippen molar-refractivity contribution in [1.29, 1.82) is 0 Å². The third-order valence-corrected chi connectivity index (χ3v) is 3.78. The first-order chi connectivity index (χ1) is 9.11. The average molecular weight is 266 g/mol. The number of hydrogen-bond donors (Lipinski definition) is 2. The van der Waals surface area contributed by atoms with Crippen LogP contribution in [-0.2, 0) is 0 Å². The Balaban J connectivity index is 2.05. The van der Waals surface area contributed by atoms with E-state index in [2.05, 4.69) is 0 Å². The molecular weight excluding hydrogens is 247 g/mol. The number of benzene rings is 1. The molecule has 0 aliphatic heterocycles. The zero-order valence-corrected chi connectivity index (χ0v) is 10.8. The van der Waals surface area contributed by atoms with Gasteiger partial charge in [-0.15, -0.1) is 0 Å².